The van der Waals surface area contributed by atoms with E-state index in [9.17, 15) is 8.42 Å². The number of thiophene rings is 1. The molecule has 114 valence electrons. The molecule has 0 amide bonds. The largest absolute Gasteiger partial charge is 0.265 e. The van der Waals surface area contributed by atoms with Crippen molar-refractivity contribution in [3.63, 3.8) is 0 Å². The van der Waals surface area contributed by atoms with E-state index >= 15 is 0 Å². The van der Waals surface area contributed by atoms with E-state index in [0.717, 1.165) is 10.4 Å². The third kappa shape index (κ3) is 4.26. The smallest absolute Gasteiger partial charge is 0.252 e. The van der Waals surface area contributed by atoms with Crippen molar-refractivity contribution >= 4 is 33.0 Å². The van der Waals surface area contributed by atoms with E-state index in [0.29, 0.717) is 29.5 Å². The van der Waals surface area contributed by atoms with E-state index in [1.165, 1.54) is 15.6 Å². The van der Waals surface area contributed by atoms with Gasteiger partial charge in [-0.2, -0.15) is 4.31 Å². The number of likely N-dealkylation sites (N-methyl/N-ethyl adjacent to an activating group) is 1. The van der Waals surface area contributed by atoms with Crippen molar-refractivity contribution in [3.05, 3.63) is 47.1 Å². The van der Waals surface area contributed by atoms with Crippen LogP contribution in [0.25, 0.3) is 0 Å². The molecule has 4 nitrogen and oxygen atoms in total. The Balaban J connectivity index is 2.04. The monoisotopic (exact) mass is 344 g/mol. The number of nitrogens with zero attached hydrogens (tertiary/aromatic N) is 2. The minimum Gasteiger partial charge on any atom is -0.265 e. The van der Waals surface area contributed by atoms with Crippen LogP contribution < -0.4 is 0 Å². The highest BCUT2D eigenvalue weighted by Gasteiger charge is 2.22. The minimum absolute atomic E-state index is 0.375. The Labute approximate surface area is 134 Å². The lowest BCUT2D eigenvalue weighted by Crippen LogP contribution is -2.28. The Morgan fingerprint density at radius 3 is 2.57 bits per heavy atom. The summed E-state index contributed by atoms with van der Waals surface area (Å²) in [6, 6.07) is 7.27. The zero-order valence-corrected chi connectivity index (χ0v) is 14.1. The average Bonchev–Trinajstić information content (AvgIpc) is 2.95. The zero-order chi connectivity index (χ0) is 15.3. The molecule has 7 heteroatoms. The summed E-state index contributed by atoms with van der Waals surface area (Å²) in [7, 11) is -1.80. The van der Waals surface area contributed by atoms with Gasteiger partial charge in [-0.15, -0.1) is 22.9 Å². The molecule has 2 aromatic heterocycles. The van der Waals surface area contributed by atoms with Gasteiger partial charge in [-0.1, -0.05) is 0 Å². The van der Waals surface area contributed by atoms with Crippen molar-refractivity contribution in [2.75, 3.05) is 19.5 Å². The Morgan fingerprint density at radius 2 is 1.90 bits per heavy atom. The maximum Gasteiger partial charge on any atom is 0.252 e. The molecule has 2 aromatic rings. The normalized spacial score (nSPS) is 12.0. The highest BCUT2D eigenvalue weighted by Crippen LogP contribution is 2.25. The van der Waals surface area contributed by atoms with Gasteiger partial charge in [-0.3, -0.25) is 4.98 Å². The summed E-state index contributed by atoms with van der Waals surface area (Å²) in [6.07, 6.45) is 4.78. The van der Waals surface area contributed by atoms with Crippen molar-refractivity contribution < 1.29 is 8.42 Å². The number of rotatable bonds is 7. The van der Waals surface area contributed by atoms with Crippen LogP contribution in [0, 0.1) is 0 Å². The average molecular weight is 345 g/mol. The van der Waals surface area contributed by atoms with Gasteiger partial charge < -0.3 is 0 Å². The number of alkyl halides is 1. The lowest BCUT2D eigenvalue weighted by atomic mass is 10.2. The first-order chi connectivity index (χ1) is 10.0. The van der Waals surface area contributed by atoms with Gasteiger partial charge in [0.2, 0.25) is 0 Å². The molecule has 0 saturated carbocycles. The second-order valence-electron chi connectivity index (χ2n) is 4.59. The fourth-order valence-electron chi connectivity index (χ4n) is 1.83. The lowest BCUT2D eigenvalue weighted by molar-refractivity contribution is 0.474. The number of halogens is 1. The molecule has 0 aromatic carbocycles. The van der Waals surface area contributed by atoms with Gasteiger partial charge in [0.1, 0.15) is 4.21 Å². The van der Waals surface area contributed by atoms with Crippen LogP contribution >= 0.6 is 22.9 Å². The molecule has 0 unspecified atom stereocenters. The molecule has 0 bridgehead atoms. The summed E-state index contributed by atoms with van der Waals surface area (Å²) in [5, 5.41) is 0. The Kier molecular flexibility index (Phi) is 5.75. The second kappa shape index (κ2) is 7.35. The van der Waals surface area contributed by atoms with E-state index < -0.39 is 10.0 Å². The van der Waals surface area contributed by atoms with Gasteiger partial charge in [-0.25, -0.2) is 8.42 Å². The number of aryl methyl sites for hydroxylation is 1. The Hall–Kier alpha value is -0.950. The summed E-state index contributed by atoms with van der Waals surface area (Å²) in [4.78, 5) is 4.94. The molecular formula is C14H17ClN2O2S2. The molecule has 0 atom stereocenters. The number of hydrogen-bond donors (Lipinski definition) is 0. The first-order valence-corrected chi connectivity index (χ1v) is 9.33. The molecule has 0 saturated heterocycles. The minimum atomic E-state index is -3.41. The highest BCUT2D eigenvalue weighted by molar-refractivity contribution is 7.91. The van der Waals surface area contributed by atoms with Crippen molar-refractivity contribution in [1.82, 2.24) is 9.29 Å². The maximum atomic E-state index is 12.5. The zero-order valence-electron chi connectivity index (χ0n) is 11.7. The quantitative estimate of drug-likeness (QED) is 0.726. The molecule has 2 heterocycles. The van der Waals surface area contributed by atoms with E-state index in [-0.39, 0.29) is 0 Å². The molecule has 0 spiro atoms. The van der Waals surface area contributed by atoms with Crippen LogP contribution in [0.4, 0.5) is 0 Å². The number of pyridine rings is 1. The van der Waals surface area contributed by atoms with Crippen molar-refractivity contribution in [1.29, 1.82) is 0 Å². The molecule has 0 fully saturated rings. The molecule has 21 heavy (non-hydrogen) atoms. The maximum absolute atomic E-state index is 12.5. The summed E-state index contributed by atoms with van der Waals surface area (Å²) >= 11 is 6.97. The molecule has 0 N–H and O–H groups in total. The molecule has 2 rings (SSSR count). The van der Waals surface area contributed by atoms with Gasteiger partial charge in [0, 0.05) is 36.7 Å². The summed E-state index contributed by atoms with van der Waals surface area (Å²) in [5.74, 6) is 0.498. The summed E-state index contributed by atoms with van der Waals surface area (Å²) < 4.78 is 26.7. The molecule has 0 aliphatic heterocycles. The molecular weight excluding hydrogens is 328 g/mol. The first-order valence-electron chi connectivity index (χ1n) is 6.54. The van der Waals surface area contributed by atoms with E-state index in [2.05, 4.69) is 4.98 Å². The number of hydrogen-bond acceptors (Lipinski definition) is 4. The predicted octanol–water partition coefficient (Wildman–Crippen LogP) is 2.79. The third-order valence-corrected chi connectivity index (χ3v) is 6.77. The van der Waals surface area contributed by atoms with Gasteiger partial charge >= 0.3 is 0 Å². The second-order valence-corrected chi connectivity index (χ2v) is 8.41. The SMILES string of the molecule is CN(CCc1ccncc1)S(=O)(=O)c1ccc(CCCl)s1. The van der Waals surface area contributed by atoms with Gasteiger partial charge in [0.05, 0.1) is 0 Å². The fourth-order valence-corrected chi connectivity index (χ4v) is 4.89. The Bertz CT molecular complexity index is 671. The van der Waals surface area contributed by atoms with Crippen LogP contribution in [-0.4, -0.2) is 37.2 Å². The molecule has 0 radical (unpaired) electrons. The Morgan fingerprint density at radius 1 is 1.19 bits per heavy atom. The van der Waals surface area contributed by atoms with Crippen molar-refractivity contribution in [3.8, 4) is 0 Å². The van der Waals surface area contributed by atoms with Gasteiger partial charge in [0.25, 0.3) is 10.0 Å². The van der Waals surface area contributed by atoms with Crippen LogP contribution in [0.2, 0.25) is 0 Å². The first kappa shape index (κ1) is 16.4. The van der Waals surface area contributed by atoms with Crippen LogP contribution in [-0.2, 0) is 22.9 Å². The van der Waals surface area contributed by atoms with E-state index in [1.54, 1.807) is 25.5 Å². The van der Waals surface area contributed by atoms with E-state index in [4.69, 9.17) is 11.6 Å². The van der Waals surface area contributed by atoms with Crippen LogP contribution in [0.5, 0.6) is 0 Å². The van der Waals surface area contributed by atoms with Gasteiger partial charge in [-0.05, 0) is 42.7 Å². The fraction of sp³-hybridized carbons (Fsp3) is 0.357. The third-order valence-electron chi connectivity index (χ3n) is 3.11. The standard InChI is InChI=1S/C14H17ClN2O2S2/c1-17(11-7-12-5-9-16-10-6-12)21(18,19)14-3-2-13(20-14)4-8-15/h2-3,5-6,9-10H,4,7-8,11H2,1H3. The summed E-state index contributed by atoms with van der Waals surface area (Å²) in [6.45, 7) is 0.440. The number of sulfonamides is 1. The molecule has 0 aliphatic carbocycles. The van der Waals surface area contributed by atoms with Crippen LogP contribution in [0.3, 0.4) is 0 Å². The van der Waals surface area contributed by atoms with E-state index in [1.807, 2.05) is 18.2 Å². The van der Waals surface area contributed by atoms with Gasteiger partial charge in [0.15, 0.2) is 0 Å². The van der Waals surface area contributed by atoms with Crippen LogP contribution in [0.1, 0.15) is 10.4 Å². The van der Waals surface area contributed by atoms with Crippen LogP contribution in [0.15, 0.2) is 40.9 Å². The van der Waals surface area contributed by atoms with Crippen molar-refractivity contribution in [2.24, 2.45) is 0 Å². The predicted molar refractivity (Wildman–Crippen MR) is 86.5 cm³/mol. The lowest BCUT2D eigenvalue weighted by Gasteiger charge is -2.15. The highest BCUT2D eigenvalue weighted by atomic mass is 35.5. The number of aromatic nitrogens is 1. The van der Waals surface area contributed by atoms with Crippen molar-refractivity contribution in [2.45, 2.75) is 17.1 Å². The summed E-state index contributed by atoms with van der Waals surface area (Å²) in [5.41, 5.74) is 1.07. The molecule has 0 aliphatic rings. The topological polar surface area (TPSA) is 50.3 Å².